The number of hydroxylamine groups is 1. The Morgan fingerprint density at radius 3 is 2.67 bits per heavy atom. The Labute approximate surface area is 150 Å². The molecule has 0 atom stereocenters. The van der Waals surface area contributed by atoms with E-state index in [2.05, 4.69) is 30.2 Å². The predicted octanol–water partition coefficient (Wildman–Crippen LogP) is 2.08. The van der Waals surface area contributed by atoms with Crippen molar-refractivity contribution < 1.29 is 27.3 Å². The molecule has 0 unspecified atom stereocenters. The minimum absolute atomic E-state index is 0.0495. The van der Waals surface area contributed by atoms with E-state index >= 15 is 0 Å². The van der Waals surface area contributed by atoms with Crippen molar-refractivity contribution in [3.63, 3.8) is 0 Å². The highest BCUT2D eigenvalue weighted by atomic mass is 19.4. The van der Waals surface area contributed by atoms with Crippen LogP contribution in [0.4, 0.5) is 13.2 Å². The first kappa shape index (κ1) is 18.5. The predicted molar refractivity (Wildman–Crippen MR) is 83.0 cm³/mol. The maximum atomic E-state index is 12.5. The van der Waals surface area contributed by atoms with E-state index < -0.39 is 18.0 Å². The summed E-state index contributed by atoms with van der Waals surface area (Å²) in [6.45, 7) is 2.33. The molecular formula is C15H13F3N6O3. The van der Waals surface area contributed by atoms with Gasteiger partial charge in [0.15, 0.2) is 0 Å². The maximum absolute atomic E-state index is 12.5. The number of rotatable bonds is 6. The molecule has 0 aliphatic rings. The first-order valence-electron chi connectivity index (χ1n) is 7.68. The molecule has 0 aliphatic heterocycles. The number of carbonyl (C=O) groups excluding carboxylic acids is 1. The van der Waals surface area contributed by atoms with Gasteiger partial charge in [0, 0.05) is 5.56 Å². The third kappa shape index (κ3) is 4.47. The third-order valence-electron chi connectivity index (χ3n) is 3.27. The molecule has 3 rings (SSSR count). The molecule has 0 spiro atoms. The summed E-state index contributed by atoms with van der Waals surface area (Å²) in [5.41, 5.74) is 3.33. The van der Waals surface area contributed by atoms with E-state index in [9.17, 15) is 18.0 Å². The molecule has 2 aromatic heterocycles. The smallest absolute Gasteiger partial charge is 0.329 e. The van der Waals surface area contributed by atoms with Crippen LogP contribution in [0.5, 0.6) is 0 Å². The Morgan fingerprint density at radius 1 is 1.30 bits per heavy atom. The standard InChI is InChI=1S/C15H13F3N6O3/c1-2-26-23-13(25)12-19-8-24(21-12)7-9-3-5-10(6-4-9)11-20-14(27-22-11)15(16,17)18/h3-6,8H,2,7H2,1H3,(H,23,25). The lowest BCUT2D eigenvalue weighted by atomic mass is 10.1. The third-order valence-corrected chi connectivity index (χ3v) is 3.27. The largest absolute Gasteiger partial charge is 0.471 e. The van der Waals surface area contributed by atoms with E-state index in [-0.39, 0.29) is 11.6 Å². The van der Waals surface area contributed by atoms with Gasteiger partial charge in [-0.25, -0.2) is 15.1 Å². The quantitative estimate of drug-likeness (QED) is 0.650. The van der Waals surface area contributed by atoms with Crippen molar-refractivity contribution in [2.45, 2.75) is 19.6 Å². The number of aromatic nitrogens is 5. The second-order valence-electron chi connectivity index (χ2n) is 5.25. The molecule has 3 aromatic rings. The van der Waals surface area contributed by atoms with Crippen molar-refractivity contribution >= 4 is 5.91 Å². The van der Waals surface area contributed by atoms with Gasteiger partial charge in [-0.15, -0.1) is 5.10 Å². The number of amides is 1. The first-order chi connectivity index (χ1) is 12.9. The zero-order valence-corrected chi connectivity index (χ0v) is 13.9. The zero-order valence-electron chi connectivity index (χ0n) is 13.9. The highest BCUT2D eigenvalue weighted by Gasteiger charge is 2.38. The molecule has 27 heavy (non-hydrogen) atoms. The second-order valence-corrected chi connectivity index (χ2v) is 5.25. The van der Waals surface area contributed by atoms with Gasteiger partial charge < -0.3 is 4.52 Å². The molecule has 142 valence electrons. The fourth-order valence-electron chi connectivity index (χ4n) is 2.06. The monoisotopic (exact) mass is 382 g/mol. The van der Waals surface area contributed by atoms with Crippen molar-refractivity contribution in [3.8, 4) is 11.4 Å². The average molecular weight is 382 g/mol. The lowest BCUT2D eigenvalue weighted by Crippen LogP contribution is -2.25. The SMILES string of the molecule is CCONC(=O)c1ncn(Cc2ccc(-c3noc(C(F)(F)F)n3)cc2)n1. The molecule has 0 saturated carbocycles. The summed E-state index contributed by atoms with van der Waals surface area (Å²) >= 11 is 0. The fourth-order valence-corrected chi connectivity index (χ4v) is 2.06. The summed E-state index contributed by atoms with van der Waals surface area (Å²) in [5, 5.41) is 7.34. The first-order valence-corrected chi connectivity index (χ1v) is 7.68. The lowest BCUT2D eigenvalue weighted by Gasteiger charge is -2.02. The van der Waals surface area contributed by atoms with Crippen LogP contribution in [0.3, 0.4) is 0 Å². The van der Waals surface area contributed by atoms with Gasteiger partial charge >= 0.3 is 18.0 Å². The maximum Gasteiger partial charge on any atom is 0.471 e. The van der Waals surface area contributed by atoms with Crippen LogP contribution >= 0.6 is 0 Å². The fraction of sp³-hybridized carbons (Fsp3) is 0.267. The van der Waals surface area contributed by atoms with Gasteiger partial charge in [0.05, 0.1) is 13.2 Å². The summed E-state index contributed by atoms with van der Waals surface area (Å²) in [6, 6.07) is 6.45. The molecule has 1 amide bonds. The van der Waals surface area contributed by atoms with Crippen molar-refractivity contribution in [3.05, 3.63) is 47.9 Å². The molecule has 0 radical (unpaired) electrons. The van der Waals surface area contributed by atoms with Gasteiger partial charge in [0.25, 0.3) is 0 Å². The van der Waals surface area contributed by atoms with E-state index in [1.165, 1.54) is 11.0 Å². The number of benzene rings is 1. The zero-order chi connectivity index (χ0) is 19.4. The Hall–Kier alpha value is -3.28. The molecule has 0 bridgehead atoms. The molecule has 0 saturated heterocycles. The molecule has 1 aromatic carbocycles. The van der Waals surface area contributed by atoms with E-state index in [1.807, 2.05) is 0 Å². The van der Waals surface area contributed by atoms with Gasteiger partial charge in [-0.3, -0.25) is 9.63 Å². The Balaban J connectivity index is 1.67. The number of hydrogen-bond acceptors (Lipinski definition) is 7. The summed E-state index contributed by atoms with van der Waals surface area (Å²) < 4.78 is 43.2. The number of nitrogens with zero attached hydrogens (tertiary/aromatic N) is 5. The highest BCUT2D eigenvalue weighted by molar-refractivity contribution is 5.89. The van der Waals surface area contributed by atoms with E-state index in [4.69, 9.17) is 4.84 Å². The van der Waals surface area contributed by atoms with Crippen LogP contribution in [0.25, 0.3) is 11.4 Å². The van der Waals surface area contributed by atoms with Crippen LogP contribution in [-0.2, 0) is 17.6 Å². The summed E-state index contributed by atoms with van der Waals surface area (Å²) in [6.07, 6.45) is -3.31. The molecule has 12 heteroatoms. The Kier molecular flexibility index (Phi) is 5.16. The topological polar surface area (TPSA) is 108 Å². The van der Waals surface area contributed by atoms with Gasteiger partial charge in [0.1, 0.15) is 6.33 Å². The summed E-state index contributed by atoms with van der Waals surface area (Å²) in [4.78, 5) is 23.6. The van der Waals surface area contributed by atoms with Crippen molar-refractivity contribution in [2.24, 2.45) is 0 Å². The van der Waals surface area contributed by atoms with E-state index in [0.717, 1.165) is 5.56 Å². The molecular weight excluding hydrogens is 369 g/mol. The number of alkyl halides is 3. The van der Waals surface area contributed by atoms with Crippen LogP contribution < -0.4 is 5.48 Å². The van der Waals surface area contributed by atoms with E-state index in [1.54, 1.807) is 31.2 Å². The molecule has 0 aliphatic carbocycles. The summed E-state index contributed by atoms with van der Waals surface area (Å²) in [7, 11) is 0. The van der Waals surface area contributed by atoms with Crippen LogP contribution in [0.15, 0.2) is 35.1 Å². The van der Waals surface area contributed by atoms with Crippen LogP contribution in [0.2, 0.25) is 0 Å². The van der Waals surface area contributed by atoms with Gasteiger partial charge in [0.2, 0.25) is 11.6 Å². The number of halogens is 3. The highest BCUT2D eigenvalue weighted by Crippen LogP contribution is 2.29. The normalized spacial score (nSPS) is 11.6. The van der Waals surface area contributed by atoms with Gasteiger partial charge in [-0.1, -0.05) is 29.4 Å². The Morgan fingerprint density at radius 2 is 2.04 bits per heavy atom. The second kappa shape index (κ2) is 7.53. The average Bonchev–Trinajstić information content (AvgIpc) is 3.30. The Bertz CT molecular complexity index is 920. The minimum Gasteiger partial charge on any atom is -0.329 e. The summed E-state index contributed by atoms with van der Waals surface area (Å²) in [5.74, 6) is -2.18. The molecule has 1 N–H and O–H groups in total. The number of carbonyl (C=O) groups is 1. The number of hydrogen-bond donors (Lipinski definition) is 1. The van der Waals surface area contributed by atoms with Crippen LogP contribution in [0.1, 0.15) is 29.0 Å². The van der Waals surface area contributed by atoms with E-state index in [0.29, 0.717) is 18.7 Å². The molecule has 2 heterocycles. The number of nitrogens with one attached hydrogen (secondary N) is 1. The molecule has 0 fully saturated rings. The molecule has 9 nitrogen and oxygen atoms in total. The van der Waals surface area contributed by atoms with Crippen molar-refractivity contribution in [1.82, 2.24) is 30.4 Å². The minimum atomic E-state index is -4.69. The van der Waals surface area contributed by atoms with Gasteiger partial charge in [-0.2, -0.15) is 18.2 Å². The van der Waals surface area contributed by atoms with Crippen molar-refractivity contribution in [2.75, 3.05) is 6.61 Å². The lowest BCUT2D eigenvalue weighted by molar-refractivity contribution is -0.159. The van der Waals surface area contributed by atoms with Crippen molar-refractivity contribution in [1.29, 1.82) is 0 Å². The van der Waals surface area contributed by atoms with Gasteiger partial charge in [-0.05, 0) is 12.5 Å². The van der Waals surface area contributed by atoms with Crippen LogP contribution in [-0.4, -0.2) is 37.4 Å². The van der Waals surface area contributed by atoms with Crippen LogP contribution in [0, 0.1) is 0 Å².